The van der Waals surface area contributed by atoms with Gasteiger partial charge < -0.3 is 4.90 Å². The fourth-order valence-electron chi connectivity index (χ4n) is 2.89. The van der Waals surface area contributed by atoms with Crippen LogP contribution in [0.2, 0.25) is 0 Å². The monoisotopic (exact) mass is 410 g/mol. The molecule has 10 heteroatoms. The molecule has 1 saturated heterocycles. The smallest absolute Gasteiger partial charge is 0.343 e. The number of nitrogens with zero attached hydrogens (tertiary/aromatic N) is 1. The summed E-state index contributed by atoms with van der Waals surface area (Å²) in [5.41, 5.74) is -1.24. The predicted molar refractivity (Wildman–Crippen MR) is 90.8 cm³/mol. The number of hydrogen-bond acceptors (Lipinski definition) is 3. The van der Waals surface area contributed by atoms with E-state index < -0.39 is 38.5 Å². The van der Waals surface area contributed by atoms with Gasteiger partial charge in [-0.2, -0.15) is 13.2 Å². The van der Waals surface area contributed by atoms with E-state index in [9.17, 15) is 30.8 Å². The molecular formula is C17H22F4N2O3S. The van der Waals surface area contributed by atoms with Gasteiger partial charge in [-0.25, -0.2) is 17.5 Å². The van der Waals surface area contributed by atoms with E-state index in [1.165, 1.54) is 0 Å². The molecule has 5 nitrogen and oxygen atoms in total. The minimum Gasteiger partial charge on any atom is -0.343 e. The summed E-state index contributed by atoms with van der Waals surface area (Å²) < 4.78 is 79.2. The van der Waals surface area contributed by atoms with Gasteiger partial charge in [0.15, 0.2) is 0 Å². The quantitative estimate of drug-likeness (QED) is 0.759. The van der Waals surface area contributed by atoms with Crippen LogP contribution >= 0.6 is 0 Å². The predicted octanol–water partition coefficient (Wildman–Crippen LogP) is 3.16. The minimum atomic E-state index is -4.78. The molecule has 0 saturated carbocycles. The Kier molecular flexibility index (Phi) is 6.51. The lowest BCUT2D eigenvalue weighted by Crippen LogP contribution is -2.46. The Bertz CT molecular complexity index is 786. The van der Waals surface area contributed by atoms with Gasteiger partial charge in [-0.1, -0.05) is 13.8 Å². The van der Waals surface area contributed by atoms with E-state index in [1.807, 2.05) is 13.8 Å². The van der Waals surface area contributed by atoms with Crippen molar-refractivity contribution >= 4 is 15.9 Å². The molecule has 1 aromatic rings. The molecule has 0 aromatic heterocycles. The molecule has 1 aliphatic rings. The summed E-state index contributed by atoms with van der Waals surface area (Å²) in [6.45, 7) is 4.51. The van der Waals surface area contributed by atoms with Crippen LogP contribution in [0.3, 0.4) is 0 Å². The Hall–Kier alpha value is -1.68. The Labute approximate surface area is 155 Å². The van der Waals surface area contributed by atoms with Crippen LogP contribution in [0.15, 0.2) is 23.1 Å². The first kappa shape index (κ1) is 21.6. The molecule has 152 valence electrons. The highest BCUT2D eigenvalue weighted by Gasteiger charge is 2.34. The lowest BCUT2D eigenvalue weighted by molar-refractivity contribution is -0.137. The van der Waals surface area contributed by atoms with Gasteiger partial charge in [-0.3, -0.25) is 4.79 Å². The maximum atomic E-state index is 13.9. The molecule has 1 heterocycles. The van der Waals surface area contributed by atoms with Gasteiger partial charge in [-0.05, 0) is 37.0 Å². The standard InChI is InChI=1S/C17H22F4N2O3S/c1-11(2)9-16(24)23-7-5-13(6-8-23)22-27(25,26)15-10-12(17(19,20)21)3-4-14(15)18/h3-4,10-11,13,22H,5-9H2,1-2H3. The summed E-state index contributed by atoms with van der Waals surface area (Å²) >= 11 is 0. The van der Waals surface area contributed by atoms with Gasteiger partial charge in [0.2, 0.25) is 15.9 Å². The Balaban J connectivity index is 2.07. The van der Waals surface area contributed by atoms with E-state index in [0.717, 1.165) is 0 Å². The van der Waals surface area contributed by atoms with Crippen LogP contribution in [0.25, 0.3) is 0 Å². The molecule has 0 spiro atoms. The first-order valence-corrected chi connectivity index (χ1v) is 10.1. The van der Waals surface area contributed by atoms with Crippen LogP contribution < -0.4 is 4.72 Å². The normalized spacial score (nSPS) is 16.8. The van der Waals surface area contributed by atoms with Crippen molar-refractivity contribution in [1.29, 1.82) is 0 Å². The van der Waals surface area contributed by atoms with Gasteiger partial charge in [0.05, 0.1) is 5.56 Å². The lowest BCUT2D eigenvalue weighted by Gasteiger charge is -2.32. The van der Waals surface area contributed by atoms with Gasteiger partial charge in [0.1, 0.15) is 10.7 Å². The maximum absolute atomic E-state index is 13.9. The number of nitrogens with one attached hydrogen (secondary N) is 1. The largest absolute Gasteiger partial charge is 0.416 e. The molecule has 0 unspecified atom stereocenters. The number of sulfonamides is 1. The highest BCUT2D eigenvalue weighted by Crippen LogP contribution is 2.31. The van der Waals surface area contributed by atoms with E-state index in [0.29, 0.717) is 50.6 Å². The van der Waals surface area contributed by atoms with Crippen molar-refractivity contribution in [3.8, 4) is 0 Å². The second-order valence-electron chi connectivity index (χ2n) is 7.02. The van der Waals surface area contributed by atoms with E-state index in [2.05, 4.69) is 4.72 Å². The van der Waals surface area contributed by atoms with Crippen LogP contribution in [0.4, 0.5) is 17.6 Å². The van der Waals surface area contributed by atoms with Crippen molar-refractivity contribution < 1.29 is 30.8 Å². The van der Waals surface area contributed by atoms with Gasteiger partial charge in [-0.15, -0.1) is 0 Å². The lowest BCUT2D eigenvalue weighted by atomic mass is 10.0. The highest BCUT2D eigenvalue weighted by molar-refractivity contribution is 7.89. The molecule has 0 aliphatic carbocycles. The molecule has 1 aromatic carbocycles. The Morgan fingerprint density at radius 2 is 1.85 bits per heavy atom. The first-order valence-electron chi connectivity index (χ1n) is 8.57. The molecule has 0 radical (unpaired) electrons. The number of hydrogen-bond donors (Lipinski definition) is 1. The molecular weight excluding hydrogens is 388 g/mol. The van der Waals surface area contributed by atoms with Crippen LogP contribution in [0.1, 0.15) is 38.7 Å². The van der Waals surface area contributed by atoms with E-state index >= 15 is 0 Å². The van der Waals surface area contributed by atoms with Crippen LogP contribution in [0, 0.1) is 11.7 Å². The number of amides is 1. The van der Waals surface area contributed by atoms with Crippen molar-refractivity contribution in [3.05, 3.63) is 29.6 Å². The Morgan fingerprint density at radius 3 is 2.37 bits per heavy atom. The average Bonchev–Trinajstić information content (AvgIpc) is 2.53. The summed E-state index contributed by atoms with van der Waals surface area (Å²) in [6.07, 6.45) is -3.76. The highest BCUT2D eigenvalue weighted by atomic mass is 32.2. The third-order valence-corrected chi connectivity index (χ3v) is 5.84. The van der Waals surface area contributed by atoms with E-state index in [4.69, 9.17) is 0 Å². The van der Waals surface area contributed by atoms with E-state index in [1.54, 1.807) is 4.90 Å². The van der Waals surface area contributed by atoms with Gasteiger partial charge in [0, 0.05) is 25.6 Å². The SMILES string of the molecule is CC(C)CC(=O)N1CCC(NS(=O)(=O)c2cc(C(F)(F)F)ccc2F)CC1. The van der Waals surface area contributed by atoms with Crippen molar-refractivity contribution in [1.82, 2.24) is 9.62 Å². The molecule has 1 amide bonds. The second kappa shape index (κ2) is 8.14. The molecule has 0 bridgehead atoms. The van der Waals surface area contributed by atoms with Crippen molar-refractivity contribution in [3.63, 3.8) is 0 Å². The fraction of sp³-hybridized carbons (Fsp3) is 0.588. The summed E-state index contributed by atoms with van der Waals surface area (Å²) in [7, 11) is -4.46. The molecule has 1 aliphatic heterocycles. The summed E-state index contributed by atoms with van der Waals surface area (Å²) in [5, 5.41) is 0. The van der Waals surface area contributed by atoms with Gasteiger partial charge in [0.25, 0.3) is 0 Å². The third kappa shape index (κ3) is 5.65. The summed E-state index contributed by atoms with van der Waals surface area (Å²) in [5.74, 6) is -1.06. The minimum absolute atomic E-state index is 0.0183. The number of carbonyl (C=O) groups excluding carboxylic acids is 1. The number of piperidine rings is 1. The zero-order valence-corrected chi connectivity index (χ0v) is 15.8. The fourth-order valence-corrected chi connectivity index (χ4v) is 4.30. The molecule has 0 atom stereocenters. The molecule has 27 heavy (non-hydrogen) atoms. The maximum Gasteiger partial charge on any atom is 0.416 e. The number of benzene rings is 1. The number of rotatable bonds is 5. The van der Waals surface area contributed by atoms with Crippen molar-refractivity contribution in [2.45, 2.75) is 50.2 Å². The second-order valence-corrected chi connectivity index (χ2v) is 8.70. The van der Waals surface area contributed by atoms with Crippen molar-refractivity contribution in [2.24, 2.45) is 5.92 Å². The zero-order valence-electron chi connectivity index (χ0n) is 15.0. The van der Waals surface area contributed by atoms with Crippen LogP contribution in [-0.4, -0.2) is 38.4 Å². The van der Waals surface area contributed by atoms with Crippen LogP contribution in [0.5, 0.6) is 0 Å². The first-order chi connectivity index (χ1) is 12.4. The molecule has 2 rings (SSSR count). The summed E-state index contributed by atoms with van der Waals surface area (Å²) in [6, 6.07) is 0.698. The third-order valence-electron chi connectivity index (χ3n) is 4.30. The Morgan fingerprint density at radius 1 is 1.26 bits per heavy atom. The van der Waals surface area contributed by atoms with Crippen LogP contribution in [-0.2, 0) is 21.0 Å². The number of carbonyl (C=O) groups is 1. The molecule has 1 fully saturated rings. The number of halogens is 4. The average molecular weight is 410 g/mol. The topological polar surface area (TPSA) is 66.5 Å². The number of likely N-dealkylation sites (tertiary alicyclic amines) is 1. The van der Waals surface area contributed by atoms with Crippen molar-refractivity contribution in [2.75, 3.05) is 13.1 Å². The summed E-state index contributed by atoms with van der Waals surface area (Å²) in [4.78, 5) is 12.6. The number of alkyl halides is 3. The van der Waals surface area contributed by atoms with E-state index in [-0.39, 0.29) is 11.8 Å². The molecule has 1 N–H and O–H groups in total. The zero-order chi connectivity index (χ0) is 20.4. The van der Waals surface area contributed by atoms with Gasteiger partial charge >= 0.3 is 6.18 Å².